The zero-order valence-electron chi connectivity index (χ0n) is 15.9. The number of hydrogen-bond donors (Lipinski definition) is 1. The predicted molar refractivity (Wildman–Crippen MR) is 107 cm³/mol. The monoisotopic (exact) mass is 387 g/mol. The molecule has 6 nitrogen and oxygen atoms in total. The SMILES string of the molecule is CCN(C(=O)c1cc(Nc2c(C)cccc2C)ccn1)C1CCS(=O)(=O)C1. The average Bonchev–Trinajstić information content (AvgIpc) is 2.99. The van der Waals surface area contributed by atoms with Crippen molar-refractivity contribution in [1.29, 1.82) is 0 Å². The van der Waals surface area contributed by atoms with Crippen molar-refractivity contribution in [3.63, 3.8) is 0 Å². The maximum absolute atomic E-state index is 13.0. The van der Waals surface area contributed by atoms with E-state index >= 15 is 0 Å². The third-order valence-corrected chi connectivity index (χ3v) is 6.73. The molecule has 2 heterocycles. The van der Waals surface area contributed by atoms with Crippen LogP contribution in [-0.2, 0) is 9.84 Å². The van der Waals surface area contributed by atoms with Gasteiger partial charge >= 0.3 is 0 Å². The molecule has 27 heavy (non-hydrogen) atoms. The van der Waals surface area contributed by atoms with Crippen LogP contribution in [0.4, 0.5) is 11.4 Å². The highest BCUT2D eigenvalue weighted by Crippen LogP contribution is 2.25. The Labute approximate surface area is 160 Å². The van der Waals surface area contributed by atoms with E-state index in [1.807, 2.05) is 45.0 Å². The third-order valence-electron chi connectivity index (χ3n) is 4.98. The van der Waals surface area contributed by atoms with Crippen LogP contribution in [0.5, 0.6) is 0 Å². The summed E-state index contributed by atoms with van der Waals surface area (Å²) in [6.45, 7) is 6.38. The highest BCUT2D eigenvalue weighted by Gasteiger charge is 2.34. The number of carbonyl (C=O) groups is 1. The zero-order chi connectivity index (χ0) is 19.6. The van der Waals surface area contributed by atoms with Crippen LogP contribution in [0.15, 0.2) is 36.5 Å². The van der Waals surface area contributed by atoms with Crippen molar-refractivity contribution in [1.82, 2.24) is 9.88 Å². The second-order valence-electron chi connectivity index (χ2n) is 6.97. The van der Waals surface area contributed by atoms with Gasteiger partial charge in [-0.3, -0.25) is 9.78 Å². The Morgan fingerprint density at radius 2 is 1.96 bits per heavy atom. The van der Waals surface area contributed by atoms with E-state index in [1.54, 1.807) is 17.2 Å². The number of para-hydroxylation sites is 1. The summed E-state index contributed by atoms with van der Waals surface area (Å²) < 4.78 is 23.6. The van der Waals surface area contributed by atoms with Crippen molar-refractivity contribution >= 4 is 27.1 Å². The Morgan fingerprint density at radius 3 is 2.56 bits per heavy atom. The number of hydrogen-bond acceptors (Lipinski definition) is 5. The van der Waals surface area contributed by atoms with Crippen molar-refractivity contribution in [3.05, 3.63) is 53.3 Å². The lowest BCUT2D eigenvalue weighted by Gasteiger charge is -2.26. The van der Waals surface area contributed by atoms with Crippen LogP contribution in [0.1, 0.15) is 35.0 Å². The van der Waals surface area contributed by atoms with E-state index < -0.39 is 9.84 Å². The summed E-state index contributed by atoms with van der Waals surface area (Å²) >= 11 is 0. The van der Waals surface area contributed by atoms with Gasteiger partial charge in [-0.2, -0.15) is 0 Å². The van der Waals surface area contributed by atoms with Gasteiger partial charge in [-0.05, 0) is 50.5 Å². The van der Waals surface area contributed by atoms with Crippen molar-refractivity contribution in [3.8, 4) is 0 Å². The van der Waals surface area contributed by atoms with Crippen LogP contribution in [0.25, 0.3) is 0 Å². The van der Waals surface area contributed by atoms with Gasteiger partial charge in [0.1, 0.15) is 5.69 Å². The van der Waals surface area contributed by atoms with E-state index in [2.05, 4.69) is 10.3 Å². The smallest absolute Gasteiger partial charge is 0.272 e. The minimum atomic E-state index is -3.05. The van der Waals surface area contributed by atoms with Gasteiger partial charge in [0.15, 0.2) is 9.84 Å². The average molecular weight is 388 g/mol. The van der Waals surface area contributed by atoms with Gasteiger partial charge in [0.25, 0.3) is 5.91 Å². The molecular formula is C20H25N3O3S. The van der Waals surface area contributed by atoms with Gasteiger partial charge in [-0.1, -0.05) is 18.2 Å². The number of carbonyl (C=O) groups excluding carboxylic acids is 1. The van der Waals surface area contributed by atoms with Crippen LogP contribution >= 0.6 is 0 Å². The minimum Gasteiger partial charge on any atom is -0.355 e. The topological polar surface area (TPSA) is 79.4 Å². The molecule has 1 aromatic carbocycles. The van der Waals surface area contributed by atoms with E-state index in [0.717, 1.165) is 22.5 Å². The summed E-state index contributed by atoms with van der Waals surface area (Å²) in [6, 6.07) is 9.33. The first-order chi connectivity index (χ1) is 12.8. The summed E-state index contributed by atoms with van der Waals surface area (Å²) in [4.78, 5) is 18.8. The summed E-state index contributed by atoms with van der Waals surface area (Å²) in [5.41, 5.74) is 4.34. The molecule has 1 aliphatic rings. The first-order valence-corrected chi connectivity index (χ1v) is 10.9. The fourth-order valence-corrected chi connectivity index (χ4v) is 5.25. The van der Waals surface area contributed by atoms with Crippen molar-refractivity contribution in [2.75, 3.05) is 23.4 Å². The minimum absolute atomic E-state index is 0.0346. The largest absolute Gasteiger partial charge is 0.355 e. The molecule has 1 fully saturated rings. The van der Waals surface area contributed by atoms with Gasteiger partial charge in [-0.15, -0.1) is 0 Å². The highest BCUT2D eigenvalue weighted by molar-refractivity contribution is 7.91. The third kappa shape index (κ3) is 4.30. The molecule has 7 heteroatoms. The Hall–Kier alpha value is -2.41. The maximum atomic E-state index is 13.0. The fourth-order valence-electron chi connectivity index (χ4n) is 3.52. The summed E-state index contributed by atoms with van der Waals surface area (Å²) in [5.74, 6) is -0.0552. The number of amides is 1. The summed E-state index contributed by atoms with van der Waals surface area (Å²) in [6.07, 6.45) is 2.09. The molecule has 1 aliphatic heterocycles. The molecular weight excluding hydrogens is 362 g/mol. The fraction of sp³-hybridized carbons (Fsp3) is 0.400. The Morgan fingerprint density at radius 1 is 1.26 bits per heavy atom. The summed E-state index contributed by atoms with van der Waals surface area (Å²) in [7, 11) is -3.05. The maximum Gasteiger partial charge on any atom is 0.272 e. The number of nitrogens with zero attached hydrogens (tertiary/aromatic N) is 2. The number of rotatable bonds is 5. The van der Waals surface area contributed by atoms with Crippen LogP contribution in [0, 0.1) is 13.8 Å². The van der Waals surface area contributed by atoms with Crippen molar-refractivity contribution in [2.45, 2.75) is 33.2 Å². The number of anilines is 2. The second kappa shape index (κ2) is 7.68. The molecule has 1 saturated heterocycles. The van der Waals surface area contributed by atoms with E-state index in [0.29, 0.717) is 18.7 Å². The van der Waals surface area contributed by atoms with Gasteiger partial charge in [0, 0.05) is 30.2 Å². The van der Waals surface area contributed by atoms with Gasteiger partial charge in [0.05, 0.1) is 11.5 Å². The summed E-state index contributed by atoms with van der Waals surface area (Å²) in [5, 5.41) is 3.37. The Bertz CT molecular complexity index is 936. The molecule has 0 aliphatic carbocycles. The lowest BCUT2D eigenvalue weighted by Crippen LogP contribution is -2.41. The van der Waals surface area contributed by atoms with Crippen molar-refractivity contribution in [2.24, 2.45) is 0 Å². The van der Waals surface area contributed by atoms with E-state index in [9.17, 15) is 13.2 Å². The molecule has 1 amide bonds. The van der Waals surface area contributed by atoms with E-state index in [-0.39, 0.29) is 23.5 Å². The highest BCUT2D eigenvalue weighted by atomic mass is 32.2. The lowest BCUT2D eigenvalue weighted by atomic mass is 10.1. The molecule has 1 aromatic heterocycles. The molecule has 144 valence electrons. The number of benzene rings is 1. The van der Waals surface area contributed by atoms with Crippen LogP contribution in [0.2, 0.25) is 0 Å². The Kier molecular flexibility index (Phi) is 5.51. The first kappa shape index (κ1) is 19.4. The van der Waals surface area contributed by atoms with Crippen molar-refractivity contribution < 1.29 is 13.2 Å². The number of sulfone groups is 1. The molecule has 2 aromatic rings. The molecule has 3 rings (SSSR count). The standard InChI is InChI=1S/C20H25N3O3S/c1-4-23(17-9-11-27(25,26)13-17)20(24)18-12-16(8-10-21-18)22-19-14(2)6-5-7-15(19)3/h5-8,10,12,17H,4,9,11,13H2,1-3H3,(H,21,22). The van der Waals surface area contributed by atoms with Gasteiger partial charge in [-0.25, -0.2) is 8.42 Å². The number of aromatic nitrogens is 1. The predicted octanol–water partition coefficient (Wildman–Crippen LogP) is 3.09. The van der Waals surface area contributed by atoms with Crippen LogP contribution < -0.4 is 5.32 Å². The quantitative estimate of drug-likeness (QED) is 0.853. The normalized spacial score (nSPS) is 18.3. The number of nitrogens with one attached hydrogen (secondary N) is 1. The zero-order valence-corrected chi connectivity index (χ0v) is 16.7. The lowest BCUT2D eigenvalue weighted by molar-refractivity contribution is 0.0702. The molecule has 0 saturated carbocycles. The van der Waals surface area contributed by atoms with E-state index in [4.69, 9.17) is 0 Å². The van der Waals surface area contributed by atoms with Crippen LogP contribution in [0.3, 0.4) is 0 Å². The van der Waals surface area contributed by atoms with Gasteiger partial charge < -0.3 is 10.2 Å². The van der Waals surface area contributed by atoms with Gasteiger partial charge in [0.2, 0.25) is 0 Å². The number of pyridine rings is 1. The second-order valence-corrected chi connectivity index (χ2v) is 9.20. The molecule has 0 radical (unpaired) electrons. The first-order valence-electron chi connectivity index (χ1n) is 9.11. The molecule has 1 N–H and O–H groups in total. The van der Waals surface area contributed by atoms with E-state index in [1.165, 1.54) is 0 Å². The Balaban J connectivity index is 1.83. The molecule has 1 unspecified atom stereocenters. The number of aryl methyl sites for hydroxylation is 2. The molecule has 0 spiro atoms. The molecule has 0 bridgehead atoms. The van der Waals surface area contributed by atoms with Crippen LogP contribution in [-0.4, -0.2) is 48.3 Å². The molecule has 1 atom stereocenters.